The lowest BCUT2D eigenvalue weighted by molar-refractivity contribution is -0.137. The SMILES string of the molecule is CCOc1ccc(NS(=O)(=O)c2c(C)nn(C(C)(C)C)c2C)c(C(F)(F)F)c1. The highest BCUT2D eigenvalue weighted by molar-refractivity contribution is 7.92. The fraction of sp³-hybridized carbons (Fsp3) is 0.500. The van der Waals surface area contributed by atoms with Gasteiger partial charge in [-0.15, -0.1) is 0 Å². The summed E-state index contributed by atoms with van der Waals surface area (Å²) in [6.07, 6.45) is -4.76. The fourth-order valence-electron chi connectivity index (χ4n) is 2.97. The number of benzene rings is 1. The van der Waals surface area contributed by atoms with Gasteiger partial charge in [0.15, 0.2) is 0 Å². The number of nitrogens with zero attached hydrogens (tertiary/aromatic N) is 2. The zero-order valence-electron chi connectivity index (χ0n) is 16.6. The minimum absolute atomic E-state index is 0.00527. The molecule has 0 saturated heterocycles. The van der Waals surface area contributed by atoms with E-state index in [-0.39, 0.29) is 22.9 Å². The minimum atomic E-state index is -4.76. The van der Waals surface area contributed by atoms with Crippen LogP contribution in [0.25, 0.3) is 0 Å². The van der Waals surface area contributed by atoms with Crippen molar-refractivity contribution in [3.05, 3.63) is 35.2 Å². The van der Waals surface area contributed by atoms with Gasteiger partial charge >= 0.3 is 6.18 Å². The van der Waals surface area contributed by atoms with Crippen molar-refractivity contribution in [2.45, 2.75) is 58.2 Å². The largest absolute Gasteiger partial charge is 0.494 e. The van der Waals surface area contributed by atoms with E-state index in [0.717, 1.165) is 12.1 Å². The smallest absolute Gasteiger partial charge is 0.418 e. The number of halogens is 3. The van der Waals surface area contributed by atoms with Crippen molar-refractivity contribution < 1.29 is 26.3 Å². The average molecular weight is 419 g/mol. The first-order chi connectivity index (χ1) is 12.7. The molecule has 10 heteroatoms. The number of sulfonamides is 1. The van der Waals surface area contributed by atoms with Gasteiger partial charge in [0.25, 0.3) is 10.0 Å². The minimum Gasteiger partial charge on any atom is -0.494 e. The third-order valence-corrected chi connectivity index (χ3v) is 5.60. The van der Waals surface area contributed by atoms with Crippen LogP contribution in [0.3, 0.4) is 0 Å². The Morgan fingerprint density at radius 3 is 2.25 bits per heavy atom. The normalized spacial score (nSPS) is 12.9. The molecule has 0 fully saturated rings. The van der Waals surface area contributed by atoms with Gasteiger partial charge in [0.2, 0.25) is 0 Å². The van der Waals surface area contributed by atoms with E-state index in [4.69, 9.17) is 4.74 Å². The Kier molecular flexibility index (Phi) is 5.76. The Balaban J connectivity index is 2.55. The lowest BCUT2D eigenvalue weighted by Gasteiger charge is -2.21. The number of alkyl halides is 3. The van der Waals surface area contributed by atoms with Crippen LogP contribution in [0.1, 0.15) is 44.6 Å². The van der Waals surface area contributed by atoms with E-state index in [2.05, 4.69) is 9.82 Å². The highest BCUT2D eigenvalue weighted by Gasteiger charge is 2.36. The quantitative estimate of drug-likeness (QED) is 0.776. The molecule has 156 valence electrons. The summed E-state index contributed by atoms with van der Waals surface area (Å²) in [5.74, 6) is 0.00527. The van der Waals surface area contributed by atoms with E-state index in [0.29, 0.717) is 5.69 Å². The Bertz CT molecular complexity index is 974. The van der Waals surface area contributed by atoms with Crippen molar-refractivity contribution in [3.8, 4) is 5.75 Å². The van der Waals surface area contributed by atoms with Crippen LogP contribution in [0, 0.1) is 13.8 Å². The summed E-state index contributed by atoms with van der Waals surface area (Å²) < 4.78 is 74.9. The van der Waals surface area contributed by atoms with E-state index in [9.17, 15) is 21.6 Å². The maximum absolute atomic E-state index is 13.5. The summed E-state index contributed by atoms with van der Waals surface area (Å²) in [6, 6.07) is 3.11. The lowest BCUT2D eigenvalue weighted by Crippen LogP contribution is -2.25. The second kappa shape index (κ2) is 7.31. The average Bonchev–Trinajstić information content (AvgIpc) is 2.83. The number of aryl methyl sites for hydroxylation is 1. The molecule has 1 heterocycles. The Morgan fingerprint density at radius 2 is 1.79 bits per heavy atom. The molecule has 0 radical (unpaired) electrons. The summed E-state index contributed by atoms with van der Waals surface area (Å²) in [6.45, 7) is 10.5. The molecule has 2 rings (SSSR count). The number of hydrogen-bond acceptors (Lipinski definition) is 4. The maximum atomic E-state index is 13.5. The van der Waals surface area contributed by atoms with Crippen molar-refractivity contribution in [2.24, 2.45) is 0 Å². The predicted octanol–water partition coefficient (Wildman–Crippen LogP) is 4.47. The molecule has 0 aliphatic rings. The third-order valence-electron chi connectivity index (χ3n) is 3.98. The number of rotatable bonds is 5. The van der Waals surface area contributed by atoms with Gasteiger partial charge in [0.1, 0.15) is 10.6 Å². The van der Waals surface area contributed by atoms with Crippen LogP contribution in [-0.4, -0.2) is 24.8 Å². The molecule has 0 atom stereocenters. The van der Waals surface area contributed by atoms with Crippen LogP contribution in [0.4, 0.5) is 18.9 Å². The van der Waals surface area contributed by atoms with Crippen LogP contribution in [0.2, 0.25) is 0 Å². The van der Waals surface area contributed by atoms with Crippen molar-refractivity contribution in [1.29, 1.82) is 0 Å². The summed E-state index contributed by atoms with van der Waals surface area (Å²) in [5, 5.41) is 4.25. The molecular weight excluding hydrogens is 395 g/mol. The zero-order valence-corrected chi connectivity index (χ0v) is 17.4. The van der Waals surface area contributed by atoms with E-state index in [1.165, 1.54) is 13.0 Å². The van der Waals surface area contributed by atoms with Crippen molar-refractivity contribution in [2.75, 3.05) is 11.3 Å². The van der Waals surface area contributed by atoms with E-state index >= 15 is 0 Å². The van der Waals surface area contributed by atoms with Crippen LogP contribution < -0.4 is 9.46 Å². The van der Waals surface area contributed by atoms with Crippen LogP contribution in [-0.2, 0) is 21.7 Å². The molecule has 6 nitrogen and oxygen atoms in total. The standard InChI is InChI=1S/C18H24F3N3O3S/c1-7-27-13-8-9-15(14(10-13)18(19,20)21)23-28(25,26)16-11(2)22-24(12(16)3)17(4,5)6/h8-10,23H,7H2,1-6H3. The number of nitrogens with one attached hydrogen (secondary N) is 1. The molecule has 0 unspecified atom stereocenters. The van der Waals surface area contributed by atoms with Crippen LogP contribution in [0.5, 0.6) is 5.75 Å². The Labute approximate surface area is 162 Å². The summed E-state index contributed by atoms with van der Waals surface area (Å²) in [5.41, 5.74) is -1.63. The molecule has 0 aliphatic heterocycles. The van der Waals surface area contributed by atoms with E-state index < -0.39 is 33.0 Å². The van der Waals surface area contributed by atoms with Gasteiger partial charge in [-0.1, -0.05) is 0 Å². The molecule has 28 heavy (non-hydrogen) atoms. The molecule has 0 amide bonds. The number of ether oxygens (including phenoxy) is 1. The van der Waals surface area contributed by atoms with E-state index in [1.807, 2.05) is 20.8 Å². The number of hydrogen-bond donors (Lipinski definition) is 1. The second-order valence-corrected chi connectivity index (χ2v) is 8.95. The highest BCUT2D eigenvalue weighted by Crippen LogP contribution is 2.38. The molecule has 0 aliphatic carbocycles. The first kappa shape index (κ1) is 22.1. The molecule has 1 aromatic carbocycles. The topological polar surface area (TPSA) is 73.2 Å². The van der Waals surface area contributed by atoms with Gasteiger partial charge in [-0.2, -0.15) is 18.3 Å². The first-order valence-electron chi connectivity index (χ1n) is 8.62. The molecule has 0 saturated carbocycles. The van der Waals surface area contributed by atoms with Crippen molar-refractivity contribution in [1.82, 2.24) is 9.78 Å². The van der Waals surface area contributed by atoms with E-state index in [1.54, 1.807) is 18.5 Å². The Hall–Kier alpha value is -2.23. The fourth-order valence-corrected chi connectivity index (χ4v) is 4.44. The van der Waals surface area contributed by atoms with Gasteiger partial charge in [-0.3, -0.25) is 9.40 Å². The third kappa shape index (κ3) is 4.43. The van der Waals surface area contributed by atoms with Crippen LogP contribution in [0.15, 0.2) is 23.1 Å². The Morgan fingerprint density at radius 1 is 1.18 bits per heavy atom. The maximum Gasteiger partial charge on any atom is 0.418 e. The van der Waals surface area contributed by atoms with Gasteiger partial charge in [0.05, 0.1) is 34.8 Å². The van der Waals surface area contributed by atoms with Crippen molar-refractivity contribution >= 4 is 15.7 Å². The van der Waals surface area contributed by atoms with Gasteiger partial charge in [-0.25, -0.2) is 8.42 Å². The monoisotopic (exact) mass is 419 g/mol. The summed E-state index contributed by atoms with van der Waals surface area (Å²) in [7, 11) is -4.30. The molecule has 0 bridgehead atoms. The van der Waals surface area contributed by atoms with Gasteiger partial charge < -0.3 is 4.74 Å². The van der Waals surface area contributed by atoms with Crippen LogP contribution >= 0.6 is 0 Å². The first-order valence-corrected chi connectivity index (χ1v) is 10.1. The molecular formula is C18H24F3N3O3S. The summed E-state index contributed by atoms with van der Waals surface area (Å²) in [4.78, 5) is -0.135. The van der Waals surface area contributed by atoms with Gasteiger partial charge in [0, 0.05) is 0 Å². The molecule has 1 N–H and O–H groups in total. The zero-order chi connectivity index (χ0) is 21.5. The molecule has 0 spiro atoms. The van der Waals surface area contributed by atoms with Crippen molar-refractivity contribution in [3.63, 3.8) is 0 Å². The number of aromatic nitrogens is 2. The predicted molar refractivity (Wildman–Crippen MR) is 100 cm³/mol. The highest BCUT2D eigenvalue weighted by atomic mass is 32.2. The summed E-state index contributed by atoms with van der Waals surface area (Å²) >= 11 is 0. The molecule has 2 aromatic rings. The lowest BCUT2D eigenvalue weighted by atomic mass is 10.1. The van der Waals surface area contributed by atoms with Gasteiger partial charge in [-0.05, 0) is 59.7 Å². The second-order valence-electron chi connectivity index (χ2n) is 7.33. The number of anilines is 1. The molecule has 1 aromatic heterocycles.